The summed E-state index contributed by atoms with van der Waals surface area (Å²) in [5.41, 5.74) is 1.17. The van der Waals surface area contributed by atoms with Gasteiger partial charge >= 0.3 is 0 Å². The van der Waals surface area contributed by atoms with Gasteiger partial charge in [0.15, 0.2) is 5.96 Å². The molecule has 0 unspecified atom stereocenters. The number of nitrogens with one attached hydrogen (secondary N) is 2. The number of hydrogen-bond donors (Lipinski definition) is 2. The number of anilines is 1. The van der Waals surface area contributed by atoms with Crippen molar-refractivity contribution >= 4 is 23.6 Å². The van der Waals surface area contributed by atoms with Gasteiger partial charge in [-0.05, 0) is 44.7 Å². The Balaban J connectivity index is 1.48. The first-order valence-corrected chi connectivity index (χ1v) is 10.6. The number of amides is 2. The van der Waals surface area contributed by atoms with Crippen molar-refractivity contribution in [2.45, 2.75) is 52.0 Å². The van der Waals surface area contributed by atoms with Gasteiger partial charge < -0.3 is 15.5 Å². The van der Waals surface area contributed by atoms with E-state index >= 15 is 0 Å². The van der Waals surface area contributed by atoms with Crippen molar-refractivity contribution in [3.63, 3.8) is 0 Å². The molecule has 1 aromatic rings. The summed E-state index contributed by atoms with van der Waals surface area (Å²) in [6.45, 7) is 7.50. The number of aryl methyl sites for hydroxylation is 1. The number of likely N-dealkylation sites (tertiary alicyclic amines) is 1. The standard InChI is InChI=1S/C21H32N6O2/c1-3-22-21(23-11-14-27-19(28)5-4-6-20(27)29)25-17-9-12-26(13-10-17)18-8-7-16(2)15-24-18/h7-8,15,17H,3-6,9-14H2,1-2H3,(H2,22,23,25). The molecule has 29 heavy (non-hydrogen) atoms. The zero-order valence-corrected chi connectivity index (χ0v) is 17.5. The van der Waals surface area contributed by atoms with Crippen molar-refractivity contribution in [1.82, 2.24) is 20.5 Å². The minimum atomic E-state index is -0.0773. The Hall–Kier alpha value is -2.64. The summed E-state index contributed by atoms with van der Waals surface area (Å²) < 4.78 is 0. The van der Waals surface area contributed by atoms with Gasteiger partial charge in [-0.1, -0.05) is 6.07 Å². The summed E-state index contributed by atoms with van der Waals surface area (Å²) in [5.74, 6) is 1.62. The lowest BCUT2D eigenvalue weighted by Gasteiger charge is -2.34. The van der Waals surface area contributed by atoms with Crippen LogP contribution in [0.1, 0.15) is 44.6 Å². The predicted molar refractivity (Wildman–Crippen MR) is 114 cm³/mol. The molecule has 158 valence electrons. The number of nitrogens with zero attached hydrogens (tertiary/aromatic N) is 4. The Bertz CT molecular complexity index is 709. The Morgan fingerprint density at radius 3 is 2.55 bits per heavy atom. The van der Waals surface area contributed by atoms with Gasteiger partial charge in [0.2, 0.25) is 11.8 Å². The second kappa shape index (κ2) is 10.2. The maximum atomic E-state index is 11.9. The van der Waals surface area contributed by atoms with E-state index in [1.165, 1.54) is 10.5 Å². The Morgan fingerprint density at radius 1 is 1.21 bits per heavy atom. The van der Waals surface area contributed by atoms with Crippen molar-refractivity contribution in [1.29, 1.82) is 0 Å². The molecule has 2 N–H and O–H groups in total. The van der Waals surface area contributed by atoms with E-state index in [-0.39, 0.29) is 11.8 Å². The van der Waals surface area contributed by atoms with Crippen LogP contribution in [0.2, 0.25) is 0 Å². The molecule has 3 heterocycles. The molecule has 0 atom stereocenters. The van der Waals surface area contributed by atoms with Gasteiger partial charge in [0.1, 0.15) is 5.82 Å². The number of guanidine groups is 1. The molecule has 0 spiro atoms. The highest BCUT2D eigenvalue weighted by Gasteiger charge is 2.25. The molecular formula is C21H32N6O2. The van der Waals surface area contributed by atoms with E-state index in [9.17, 15) is 9.59 Å². The first-order valence-electron chi connectivity index (χ1n) is 10.6. The van der Waals surface area contributed by atoms with Crippen LogP contribution in [0.3, 0.4) is 0 Å². The summed E-state index contributed by atoms with van der Waals surface area (Å²) in [4.78, 5) is 36.6. The zero-order valence-electron chi connectivity index (χ0n) is 17.5. The predicted octanol–water partition coefficient (Wildman–Crippen LogP) is 1.45. The van der Waals surface area contributed by atoms with E-state index in [1.807, 2.05) is 20.0 Å². The summed E-state index contributed by atoms with van der Waals surface area (Å²) in [5, 5.41) is 6.77. The quantitative estimate of drug-likeness (QED) is 0.427. The minimum Gasteiger partial charge on any atom is -0.357 e. The first-order chi connectivity index (χ1) is 14.1. The van der Waals surface area contributed by atoms with Gasteiger partial charge in [-0.25, -0.2) is 4.98 Å². The van der Waals surface area contributed by atoms with Gasteiger partial charge in [-0.3, -0.25) is 19.5 Å². The Morgan fingerprint density at radius 2 is 1.93 bits per heavy atom. The largest absolute Gasteiger partial charge is 0.357 e. The molecule has 2 amide bonds. The van der Waals surface area contributed by atoms with Crippen LogP contribution in [-0.4, -0.2) is 66.4 Å². The van der Waals surface area contributed by atoms with Crippen molar-refractivity contribution in [3.8, 4) is 0 Å². The summed E-state index contributed by atoms with van der Waals surface area (Å²) >= 11 is 0. The number of pyridine rings is 1. The van der Waals surface area contributed by atoms with Crippen LogP contribution in [0, 0.1) is 6.92 Å². The normalized spacial score (nSPS) is 18.9. The molecule has 8 heteroatoms. The fourth-order valence-electron chi connectivity index (χ4n) is 3.72. The van der Waals surface area contributed by atoms with Crippen molar-refractivity contribution in [2.75, 3.05) is 37.6 Å². The smallest absolute Gasteiger partial charge is 0.229 e. The average Bonchev–Trinajstić information content (AvgIpc) is 2.71. The van der Waals surface area contributed by atoms with Crippen LogP contribution in [0.5, 0.6) is 0 Å². The fraction of sp³-hybridized carbons (Fsp3) is 0.619. The second-order valence-electron chi connectivity index (χ2n) is 7.65. The summed E-state index contributed by atoms with van der Waals surface area (Å²) in [6, 6.07) is 4.52. The lowest BCUT2D eigenvalue weighted by atomic mass is 10.1. The average molecular weight is 401 g/mol. The highest BCUT2D eigenvalue weighted by atomic mass is 16.2. The number of imide groups is 1. The number of aliphatic imine (C=N–C) groups is 1. The van der Waals surface area contributed by atoms with Gasteiger partial charge in [-0.2, -0.15) is 0 Å². The van der Waals surface area contributed by atoms with Crippen molar-refractivity contribution in [2.24, 2.45) is 4.99 Å². The molecule has 0 bridgehead atoms. The molecule has 0 aromatic carbocycles. The molecule has 3 rings (SSSR count). The van der Waals surface area contributed by atoms with Crippen LogP contribution in [0.25, 0.3) is 0 Å². The SMILES string of the molecule is CCNC(=NCCN1C(=O)CCCC1=O)NC1CCN(c2ccc(C)cn2)CC1. The van der Waals surface area contributed by atoms with Crippen molar-refractivity contribution < 1.29 is 9.59 Å². The van der Waals surface area contributed by atoms with Crippen LogP contribution in [0.4, 0.5) is 5.82 Å². The van der Waals surface area contributed by atoms with E-state index < -0.39 is 0 Å². The fourth-order valence-corrected chi connectivity index (χ4v) is 3.72. The van der Waals surface area contributed by atoms with Gasteiger partial charge in [0.05, 0.1) is 6.54 Å². The van der Waals surface area contributed by atoms with E-state index in [0.29, 0.717) is 38.4 Å². The van der Waals surface area contributed by atoms with Crippen LogP contribution >= 0.6 is 0 Å². The van der Waals surface area contributed by atoms with E-state index in [4.69, 9.17) is 0 Å². The Kier molecular flexibility index (Phi) is 7.43. The number of carbonyl (C=O) groups is 2. The molecule has 2 fully saturated rings. The summed E-state index contributed by atoms with van der Waals surface area (Å²) in [7, 11) is 0. The van der Waals surface area contributed by atoms with Gasteiger partial charge in [0, 0.05) is 51.3 Å². The third kappa shape index (κ3) is 5.92. The molecule has 2 aliphatic rings. The van der Waals surface area contributed by atoms with Crippen LogP contribution in [0.15, 0.2) is 23.3 Å². The highest BCUT2D eigenvalue weighted by molar-refractivity contribution is 5.97. The number of carbonyl (C=O) groups excluding carboxylic acids is 2. The highest BCUT2D eigenvalue weighted by Crippen LogP contribution is 2.18. The van der Waals surface area contributed by atoms with Gasteiger partial charge in [0.25, 0.3) is 0 Å². The summed E-state index contributed by atoms with van der Waals surface area (Å²) in [6.07, 6.45) is 5.50. The third-order valence-corrected chi connectivity index (χ3v) is 5.38. The van der Waals surface area contributed by atoms with E-state index in [0.717, 1.165) is 44.3 Å². The zero-order chi connectivity index (χ0) is 20.6. The molecule has 1 aromatic heterocycles. The lowest BCUT2D eigenvalue weighted by Crippen LogP contribution is -2.49. The number of hydrogen-bond acceptors (Lipinski definition) is 5. The number of piperidine rings is 2. The first kappa shape index (κ1) is 21.1. The van der Waals surface area contributed by atoms with E-state index in [2.05, 4.69) is 37.6 Å². The van der Waals surface area contributed by atoms with Gasteiger partial charge in [-0.15, -0.1) is 0 Å². The number of rotatable bonds is 6. The molecule has 8 nitrogen and oxygen atoms in total. The molecule has 0 aliphatic carbocycles. The molecule has 2 saturated heterocycles. The lowest BCUT2D eigenvalue weighted by molar-refractivity contribution is -0.147. The topological polar surface area (TPSA) is 89.9 Å². The molecule has 2 aliphatic heterocycles. The molecule has 0 saturated carbocycles. The Labute approximate surface area is 172 Å². The number of aromatic nitrogens is 1. The van der Waals surface area contributed by atoms with Crippen molar-refractivity contribution in [3.05, 3.63) is 23.9 Å². The monoisotopic (exact) mass is 400 g/mol. The maximum absolute atomic E-state index is 11.9. The minimum absolute atomic E-state index is 0.0773. The molecule has 0 radical (unpaired) electrons. The van der Waals surface area contributed by atoms with E-state index in [1.54, 1.807) is 0 Å². The van der Waals surface area contributed by atoms with Crippen LogP contribution < -0.4 is 15.5 Å². The molecular weight excluding hydrogens is 368 g/mol. The van der Waals surface area contributed by atoms with Crippen LogP contribution in [-0.2, 0) is 9.59 Å². The third-order valence-electron chi connectivity index (χ3n) is 5.38. The maximum Gasteiger partial charge on any atom is 0.229 e. The second-order valence-corrected chi connectivity index (χ2v) is 7.65.